The van der Waals surface area contributed by atoms with Gasteiger partial charge in [-0.15, -0.1) is 0 Å². The van der Waals surface area contributed by atoms with Crippen LogP contribution in [0.3, 0.4) is 0 Å². The summed E-state index contributed by atoms with van der Waals surface area (Å²) in [6.07, 6.45) is -1.06. The maximum atomic E-state index is 11.7. The number of phenols is 1. The second-order valence-electron chi connectivity index (χ2n) is 9.24. The molecule has 2 aliphatic rings. The molecule has 41 heavy (non-hydrogen) atoms. The topological polar surface area (TPSA) is 159 Å². The van der Waals surface area contributed by atoms with Crippen LogP contribution < -0.4 is 15.7 Å². The molecule has 3 N–H and O–H groups in total. The number of carbonyl (C=O) groups excluding carboxylic acids is 2. The van der Waals surface area contributed by atoms with E-state index in [0.29, 0.717) is 47.6 Å². The minimum absolute atomic E-state index is 0.0133. The first-order chi connectivity index (χ1) is 19.7. The van der Waals surface area contributed by atoms with Crippen molar-refractivity contribution < 1.29 is 57.7 Å². The van der Waals surface area contributed by atoms with Gasteiger partial charge in [-0.1, -0.05) is 0 Å². The van der Waals surface area contributed by atoms with Crippen LogP contribution in [0, 0.1) is 0 Å². The summed E-state index contributed by atoms with van der Waals surface area (Å²) in [7, 11) is 2.43. The number of rotatable bonds is 11. The van der Waals surface area contributed by atoms with Crippen molar-refractivity contribution in [1.82, 2.24) is 0 Å². The number of fused-ring (bicyclic) bond motifs is 2. The predicted molar refractivity (Wildman–Crippen MR) is 148 cm³/mol. The summed E-state index contributed by atoms with van der Waals surface area (Å²) in [5.41, 5.74) is 4.05. The van der Waals surface area contributed by atoms with Gasteiger partial charge in [0.15, 0.2) is 0 Å². The number of carbonyl (C=O) groups is 2. The Kier molecular flexibility index (Phi) is 12.0. The summed E-state index contributed by atoms with van der Waals surface area (Å²) in [6.45, 7) is 4.68. The Balaban J connectivity index is 0.000000226. The van der Waals surface area contributed by atoms with E-state index in [1.807, 2.05) is 6.07 Å². The van der Waals surface area contributed by atoms with E-state index in [0.717, 1.165) is 11.1 Å². The smallest absolute Gasteiger partial charge is 0.492 e. The molecule has 222 valence electrons. The molecule has 2 unspecified atom stereocenters. The first kappa shape index (κ1) is 32.4. The van der Waals surface area contributed by atoms with Crippen LogP contribution in [0.4, 0.5) is 0 Å². The Morgan fingerprint density at radius 1 is 0.780 bits per heavy atom. The molecule has 0 aliphatic carbocycles. The number of hydrogen-bond donors (Lipinski definition) is 3. The number of aromatic hydroxyl groups is 1. The fourth-order valence-corrected chi connectivity index (χ4v) is 4.93. The van der Waals surface area contributed by atoms with Gasteiger partial charge in [0, 0.05) is 14.2 Å². The Morgan fingerprint density at radius 3 is 1.68 bits per heavy atom. The van der Waals surface area contributed by atoms with E-state index in [-0.39, 0.29) is 31.2 Å². The van der Waals surface area contributed by atoms with Crippen LogP contribution in [0.1, 0.15) is 61.2 Å². The zero-order valence-corrected chi connectivity index (χ0v) is 23.9. The highest BCUT2D eigenvalue weighted by Gasteiger charge is 2.40. The molecule has 0 amide bonds. The Bertz CT molecular complexity index is 1210. The second-order valence-corrected chi connectivity index (χ2v) is 9.24. The summed E-state index contributed by atoms with van der Waals surface area (Å²) in [4.78, 5) is 23.3. The second kappa shape index (κ2) is 15.2. The molecule has 2 aliphatic heterocycles. The molecule has 0 aromatic heterocycles. The lowest BCUT2D eigenvalue weighted by Gasteiger charge is -2.16. The molecular weight excluding hydrogens is 538 g/mol. The number of phenolic OH excluding ortho intramolecular Hbond substituents is 1. The van der Waals surface area contributed by atoms with Gasteiger partial charge in [0.2, 0.25) is 0 Å². The van der Waals surface area contributed by atoms with Crippen LogP contribution in [0.2, 0.25) is 0 Å². The van der Waals surface area contributed by atoms with Gasteiger partial charge in [0.1, 0.15) is 11.5 Å². The van der Waals surface area contributed by atoms with E-state index in [1.165, 1.54) is 13.2 Å². The molecule has 0 fully saturated rings. The molecule has 2 atom stereocenters. The van der Waals surface area contributed by atoms with Crippen molar-refractivity contribution in [2.45, 2.75) is 52.1 Å². The highest BCUT2D eigenvalue weighted by molar-refractivity contribution is 6.62. The Labute approximate surface area is 239 Å². The zero-order chi connectivity index (χ0) is 30.1. The highest BCUT2D eigenvalue weighted by Crippen LogP contribution is 2.34. The largest absolute Gasteiger partial charge is 0.508 e. The summed E-state index contributed by atoms with van der Waals surface area (Å²) >= 11 is 0. The number of esters is 2. The van der Waals surface area contributed by atoms with E-state index >= 15 is 0 Å². The van der Waals surface area contributed by atoms with Crippen molar-refractivity contribution in [1.29, 1.82) is 0 Å². The van der Waals surface area contributed by atoms with Gasteiger partial charge in [-0.05, 0) is 71.3 Å². The van der Waals surface area contributed by atoms with Gasteiger partial charge >= 0.3 is 26.2 Å². The van der Waals surface area contributed by atoms with Gasteiger partial charge in [-0.2, -0.15) is 0 Å². The minimum Gasteiger partial charge on any atom is -0.508 e. The standard InChI is InChI=1S/C14H19BO6.C13H17BO6/c1-4-20-13(16)7-12-14-9(8-18-2)5-10(19-3)6-11(14)15(17)21-12;1-3-19-12(16)6-11-13-8(7-18-2)4-9(15)5-10(13)14(17)20-11/h5-6,12,17H,4,7-8H2,1-3H3;4-5,11,15,17H,3,6-7H2,1-2H3. The predicted octanol–water partition coefficient (Wildman–Crippen LogP) is 0.804. The first-order valence-electron chi connectivity index (χ1n) is 13.2. The zero-order valence-electron chi connectivity index (χ0n) is 23.9. The maximum Gasteiger partial charge on any atom is 0.492 e. The molecule has 2 aromatic carbocycles. The third kappa shape index (κ3) is 8.00. The van der Waals surface area contributed by atoms with Crippen LogP contribution in [0.25, 0.3) is 0 Å². The normalized spacial score (nSPS) is 17.0. The number of benzene rings is 2. The van der Waals surface area contributed by atoms with Gasteiger partial charge in [-0.25, -0.2) is 0 Å². The van der Waals surface area contributed by atoms with Crippen molar-refractivity contribution in [3.8, 4) is 11.5 Å². The Morgan fingerprint density at radius 2 is 1.24 bits per heavy atom. The fraction of sp³-hybridized carbons (Fsp3) is 0.481. The van der Waals surface area contributed by atoms with Gasteiger partial charge in [-0.3, -0.25) is 9.59 Å². The summed E-state index contributed by atoms with van der Waals surface area (Å²) in [6, 6.07) is 6.51. The molecule has 2 aromatic rings. The van der Waals surface area contributed by atoms with Crippen LogP contribution in [-0.4, -0.2) is 75.9 Å². The van der Waals surface area contributed by atoms with Crippen molar-refractivity contribution in [3.05, 3.63) is 46.5 Å². The van der Waals surface area contributed by atoms with Gasteiger partial charge < -0.3 is 48.1 Å². The van der Waals surface area contributed by atoms with E-state index in [2.05, 4.69) is 0 Å². The van der Waals surface area contributed by atoms with Crippen molar-refractivity contribution in [2.75, 3.05) is 34.5 Å². The molecule has 14 heteroatoms. The van der Waals surface area contributed by atoms with E-state index < -0.39 is 32.4 Å². The molecule has 0 saturated heterocycles. The fourth-order valence-electron chi connectivity index (χ4n) is 4.93. The summed E-state index contributed by atoms with van der Waals surface area (Å²) in [5, 5.41) is 29.6. The quantitative estimate of drug-likeness (QED) is 0.257. The molecule has 2 heterocycles. The lowest BCUT2D eigenvalue weighted by atomic mass is 9.77. The lowest BCUT2D eigenvalue weighted by Crippen LogP contribution is -2.28. The number of ether oxygens (including phenoxy) is 5. The number of methoxy groups -OCH3 is 3. The first-order valence-corrected chi connectivity index (χ1v) is 13.2. The van der Waals surface area contributed by atoms with Crippen LogP contribution in [-0.2, 0) is 51.1 Å². The van der Waals surface area contributed by atoms with Crippen LogP contribution >= 0.6 is 0 Å². The molecule has 0 saturated carbocycles. The molecular formula is C27H36B2O12. The molecule has 0 spiro atoms. The molecule has 0 bridgehead atoms. The third-order valence-electron chi connectivity index (χ3n) is 6.47. The summed E-state index contributed by atoms with van der Waals surface area (Å²) in [5.74, 6) is -0.119. The Hall–Kier alpha value is -3.13. The van der Waals surface area contributed by atoms with Crippen LogP contribution in [0.5, 0.6) is 11.5 Å². The van der Waals surface area contributed by atoms with Gasteiger partial charge in [0.05, 0.1) is 58.6 Å². The van der Waals surface area contributed by atoms with Gasteiger partial charge in [0.25, 0.3) is 0 Å². The molecule has 12 nitrogen and oxygen atoms in total. The van der Waals surface area contributed by atoms with Crippen molar-refractivity contribution in [2.24, 2.45) is 0 Å². The maximum absolute atomic E-state index is 11.7. The van der Waals surface area contributed by atoms with Crippen molar-refractivity contribution in [3.63, 3.8) is 0 Å². The van der Waals surface area contributed by atoms with Crippen LogP contribution in [0.15, 0.2) is 24.3 Å². The lowest BCUT2D eigenvalue weighted by molar-refractivity contribution is -0.146. The molecule has 4 rings (SSSR count). The average Bonchev–Trinajstić information content (AvgIpc) is 3.40. The highest BCUT2D eigenvalue weighted by atomic mass is 16.6. The van der Waals surface area contributed by atoms with E-state index in [4.69, 9.17) is 33.0 Å². The number of hydrogen-bond acceptors (Lipinski definition) is 12. The molecule has 0 radical (unpaired) electrons. The van der Waals surface area contributed by atoms with E-state index in [1.54, 1.807) is 40.2 Å². The summed E-state index contributed by atoms with van der Waals surface area (Å²) < 4.78 is 36.2. The van der Waals surface area contributed by atoms with Crippen molar-refractivity contribution >= 4 is 37.1 Å². The minimum atomic E-state index is -1.16. The third-order valence-corrected chi connectivity index (χ3v) is 6.47. The van der Waals surface area contributed by atoms with E-state index in [9.17, 15) is 24.7 Å². The SMILES string of the molecule is CCOC(=O)CC1OB(O)c2cc(O)cc(COC)c21.CCOC(=O)CC1OB(O)c2cc(OC)cc(COC)c21. The monoisotopic (exact) mass is 574 g/mol. The average molecular weight is 574 g/mol.